The fourth-order valence-electron chi connectivity index (χ4n) is 3.56. The van der Waals surface area contributed by atoms with Crippen LogP contribution in [0.5, 0.6) is 0 Å². The minimum absolute atomic E-state index is 0.0471. The summed E-state index contributed by atoms with van der Waals surface area (Å²) in [6, 6.07) is 8.48. The van der Waals surface area contributed by atoms with E-state index in [0.717, 1.165) is 25.8 Å². The van der Waals surface area contributed by atoms with Gasteiger partial charge in [-0.2, -0.15) is 0 Å². The Kier molecular flexibility index (Phi) is 5.13. The Labute approximate surface area is 150 Å². The summed E-state index contributed by atoms with van der Waals surface area (Å²) in [5, 5.41) is 3.26. The van der Waals surface area contributed by atoms with Crippen molar-refractivity contribution in [2.75, 3.05) is 33.7 Å². The first-order valence-corrected chi connectivity index (χ1v) is 9.17. The molecule has 1 saturated heterocycles. The number of amides is 2. The molecule has 0 spiro atoms. The summed E-state index contributed by atoms with van der Waals surface area (Å²) in [6.45, 7) is 4.18. The summed E-state index contributed by atoms with van der Waals surface area (Å²) in [4.78, 5) is 28.7. The van der Waals surface area contributed by atoms with Gasteiger partial charge in [0.15, 0.2) is 0 Å². The number of likely N-dealkylation sites (N-methyl/N-ethyl adjacent to an activating group) is 1. The molecule has 0 bridgehead atoms. The predicted octanol–water partition coefficient (Wildman–Crippen LogP) is 1.60. The van der Waals surface area contributed by atoms with Crippen LogP contribution >= 0.6 is 0 Å². The number of rotatable bonds is 7. The smallest absolute Gasteiger partial charge is 0.225 e. The quantitative estimate of drug-likeness (QED) is 0.818. The Morgan fingerprint density at radius 3 is 2.76 bits per heavy atom. The van der Waals surface area contributed by atoms with E-state index in [1.807, 2.05) is 19.0 Å². The van der Waals surface area contributed by atoms with E-state index in [1.54, 1.807) is 0 Å². The summed E-state index contributed by atoms with van der Waals surface area (Å²) in [6.07, 6.45) is 3.28. The number of hydrogen-bond donors (Lipinski definition) is 1. The van der Waals surface area contributed by atoms with Crippen LogP contribution in [0.1, 0.15) is 30.4 Å². The molecular weight excluding hydrogens is 314 g/mol. The molecule has 1 aromatic rings. The molecule has 1 N–H and O–H groups in total. The van der Waals surface area contributed by atoms with Crippen molar-refractivity contribution in [2.24, 2.45) is 5.92 Å². The van der Waals surface area contributed by atoms with Crippen LogP contribution in [0.4, 0.5) is 0 Å². The van der Waals surface area contributed by atoms with Gasteiger partial charge in [0.2, 0.25) is 11.8 Å². The number of aryl methyl sites for hydroxylation is 1. The minimum Gasteiger partial charge on any atom is -0.350 e. The van der Waals surface area contributed by atoms with Crippen molar-refractivity contribution in [3.05, 3.63) is 35.4 Å². The largest absolute Gasteiger partial charge is 0.350 e. The van der Waals surface area contributed by atoms with Crippen LogP contribution in [0.3, 0.4) is 0 Å². The van der Waals surface area contributed by atoms with Crippen molar-refractivity contribution >= 4 is 11.8 Å². The third-order valence-electron chi connectivity index (χ3n) is 5.27. The van der Waals surface area contributed by atoms with E-state index in [0.29, 0.717) is 19.5 Å². The molecule has 3 rings (SSSR count). The minimum atomic E-state index is -0.204. The first-order chi connectivity index (χ1) is 11.9. The first kappa shape index (κ1) is 17.9. The summed E-state index contributed by atoms with van der Waals surface area (Å²) in [5.74, 6) is -0.0546. The van der Waals surface area contributed by atoms with Crippen molar-refractivity contribution in [1.29, 1.82) is 0 Å². The summed E-state index contributed by atoms with van der Waals surface area (Å²) in [5.41, 5.74) is 2.43. The highest BCUT2D eigenvalue weighted by atomic mass is 16.2. The van der Waals surface area contributed by atoms with Crippen LogP contribution in [0.15, 0.2) is 24.3 Å². The second kappa shape index (κ2) is 7.16. The molecule has 1 aliphatic carbocycles. The van der Waals surface area contributed by atoms with Crippen LogP contribution in [0, 0.1) is 12.8 Å². The van der Waals surface area contributed by atoms with E-state index < -0.39 is 0 Å². The third kappa shape index (κ3) is 4.60. The summed E-state index contributed by atoms with van der Waals surface area (Å²) >= 11 is 0. The van der Waals surface area contributed by atoms with Gasteiger partial charge in [0.1, 0.15) is 0 Å². The number of carbonyl (C=O) groups excluding carboxylic acids is 2. The monoisotopic (exact) mass is 343 g/mol. The fourth-order valence-corrected chi connectivity index (χ4v) is 3.56. The molecular formula is C20H29N3O2. The van der Waals surface area contributed by atoms with Crippen LogP contribution in [0.25, 0.3) is 0 Å². The Morgan fingerprint density at radius 1 is 1.36 bits per heavy atom. The van der Waals surface area contributed by atoms with Crippen LogP contribution in [0.2, 0.25) is 0 Å². The molecule has 0 unspecified atom stereocenters. The topological polar surface area (TPSA) is 52.7 Å². The lowest BCUT2D eigenvalue weighted by Crippen LogP contribution is -2.43. The van der Waals surface area contributed by atoms with Crippen molar-refractivity contribution in [2.45, 2.75) is 38.1 Å². The highest BCUT2D eigenvalue weighted by Crippen LogP contribution is 2.39. The molecule has 1 atom stereocenters. The molecule has 136 valence electrons. The van der Waals surface area contributed by atoms with E-state index in [9.17, 15) is 9.59 Å². The number of carbonyl (C=O) groups is 2. The third-order valence-corrected chi connectivity index (χ3v) is 5.27. The van der Waals surface area contributed by atoms with Gasteiger partial charge in [0.05, 0.1) is 5.92 Å². The van der Waals surface area contributed by atoms with Gasteiger partial charge in [0, 0.05) is 31.6 Å². The zero-order valence-corrected chi connectivity index (χ0v) is 15.5. The Morgan fingerprint density at radius 2 is 2.12 bits per heavy atom. The van der Waals surface area contributed by atoms with Gasteiger partial charge in [-0.1, -0.05) is 29.8 Å². The average molecular weight is 343 g/mol. The zero-order chi connectivity index (χ0) is 18.0. The van der Waals surface area contributed by atoms with Gasteiger partial charge < -0.3 is 15.1 Å². The molecule has 1 aliphatic heterocycles. The predicted molar refractivity (Wildman–Crippen MR) is 98.2 cm³/mol. The molecule has 2 fully saturated rings. The van der Waals surface area contributed by atoms with Gasteiger partial charge >= 0.3 is 0 Å². The molecule has 25 heavy (non-hydrogen) atoms. The lowest BCUT2D eigenvalue weighted by atomic mass is 10.0. The lowest BCUT2D eigenvalue weighted by Gasteiger charge is -2.21. The number of nitrogens with one attached hydrogen (secondary N) is 1. The van der Waals surface area contributed by atoms with Crippen molar-refractivity contribution < 1.29 is 9.59 Å². The molecule has 2 aliphatic rings. The average Bonchev–Trinajstić information content (AvgIpc) is 3.17. The number of likely N-dealkylation sites (tertiary alicyclic amines) is 1. The van der Waals surface area contributed by atoms with Gasteiger partial charge in [-0.15, -0.1) is 0 Å². The molecule has 1 saturated carbocycles. The van der Waals surface area contributed by atoms with Crippen LogP contribution in [-0.2, 0) is 16.0 Å². The Bertz CT molecular complexity index is 652. The zero-order valence-electron chi connectivity index (χ0n) is 15.5. The van der Waals surface area contributed by atoms with Crippen LogP contribution in [-0.4, -0.2) is 60.9 Å². The summed E-state index contributed by atoms with van der Waals surface area (Å²) in [7, 11) is 3.99. The molecule has 1 heterocycles. The maximum absolute atomic E-state index is 12.7. The highest BCUT2D eigenvalue weighted by molar-refractivity contribution is 5.89. The fraction of sp³-hybridized carbons (Fsp3) is 0.600. The van der Waals surface area contributed by atoms with Gasteiger partial charge in [-0.3, -0.25) is 9.59 Å². The van der Waals surface area contributed by atoms with Gasteiger partial charge in [-0.05, 0) is 45.8 Å². The lowest BCUT2D eigenvalue weighted by molar-refractivity contribution is -0.129. The van der Waals surface area contributed by atoms with E-state index in [-0.39, 0.29) is 23.3 Å². The van der Waals surface area contributed by atoms with Crippen LogP contribution < -0.4 is 5.32 Å². The normalized spacial score (nSPS) is 21.7. The van der Waals surface area contributed by atoms with Crippen molar-refractivity contribution in [3.8, 4) is 0 Å². The Hall–Kier alpha value is -1.88. The van der Waals surface area contributed by atoms with Gasteiger partial charge in [0.25, 0.3) is 0 Å². The summed E-state index contributed by atoms with van der Waals surface area (Å²) < 4.78 is 0. The van der Waals surface area contributed by atoms with E-state index in [1.165, 1.54) is 11.1 Å². The maximum Gasteiger partial charge on any atom is 0.225 e. The molecule has 1 aromatic carbocycles. The second-order valence-electron chi connectivity index (χ2n) is 7.98. The molecule has 5 nitrogen and oxygen atoms in total. The van der Waals surface area contributed by atoms with E-state index in [2.05, 4.69) is 41.4 Å². The number of hydrogen-bond acceptors (Lipinski definition) is 3. The second-order valence-corrected chi connectivity index (χ2v) is 7.98. The number of nitrogens with zero attached hydrogens (tertiary/aromatic N) is 2. The van der Waals surface area contributed by atoms with E-state index in [4.69, 9.17) is 0 Å². The molecule has 0 radical (unpaired) electrons. The van der Waals surface area contributed by atoms with E-state index >= 15 is 0 Å². The van der Waals surface area contributed by atoms with Crippen molar-refractivity contribution in [1.82, 2.24) is 15.1 Å². The molecule has 2 amide bonds. The maximum atomic E-state index is 12.7. The SMILES string of the molecule is Cc1cccc(CC2(NC(=O)[C@@H]3CC(=O)N(CCN(C)C)C3)CC2)c1. The molecule has 5 heteroatoms. The molecule has 0 aromatic heterocycles. The first-order valence-electron chi connectivity index (χ1n) is 9.17. The standard InChI is InChI=1S/C20H29N3O2/c1-15-5-4-6-16(11-15)13-20(7-8-20)21-19(25)17-12-18(24)23(14-17)10-9-22(2)3/h4-6,11,17H,7-10,12-14H2,1-3H3,(H,21,25)/t17-/m1/s1. The Balaban J connectivity index is 1.54. The van der Waals surface area contributed by atoms with Gasteiger partial charge in [-0.25, -0.2) is 0 Å². The van der Waals surface area contributed by atoms with Crippen molar-refractivity contribution in [3.63, 3.8) is 0 Å². The number of benzene rings is 1. The highest BCUT2D eigenvalue weighted by Gasteiger charge is 2.46.